The highest BCUT2D eigenvalue weighted by Gasteiger charge is 2.22. The van der Waals surface area contributed by atoms with Crippen LogP contribution in [-0.4, -0.2) is 39.5 Å². The zero-order valence-corrected chi connectivity index (χ0v) is 16.2. The average molecular weight is 362 g/mol. The van der Waals surface area contributed by atoms with E-state index in [1.165, 1.54) is 0 Å². The van der Waals surface area contributed by atoms with E-state index in [0.717, 1.165) is 44.1 Å². The first-order valence-electron chi connectivity index (χ1n) is 9.25. The maximum absolute atomic E-state index is 12.8. The number of hydrogen-bond acceptors (Lipinski definition) is 5. The summed E-state index contributed by atoms with van der Waals surface area (Å²) in [6.07, 6.45) is 9.89. The van der Waals surface area contributed by atoms with E-state index < -0.39 is 0 Å². The lowest BCUT2D eigenvalue weighted by atomic mass is 10.0. The van der Waals surface area contributed by atoms with Gasteiger partial charge in [0.2, 0.25) is 0 Å². The first-order chi connectivity index (χ1) is 12.6. The highest BCUT2D eigenvalue weighted by atomic mass is 16.5. The van der Waals surface area contributed by atoms with Crippen molar-refractivity contribution in [3.8, 4) is 11.5 Å². The Labute approximate surface area is 156 Å². The summed E-state index contributed by atoms with van der Waals surface area (Å²) >= 11 is 0. The molecule has 0 aromatic heterocycles. The molecular formula is C21H30O5. The van der Waals surface area contributed by atoms with E-state index in [1.54, 1.807) is 27.4 Å². The zero-order chi connectivity index (χ0) is 18.9. The van der Waals surface area contributed by atoms with E-state index in [-0.39, 0.29) is 18.2 Å². The largest absolute Gasteiger partial charge is 0.497 e. The van der Waals surface area contributed by atoms with Gasteiger partial charge < -0.3 is 18.9 Å². The Bertz CT molecular complexity index is 623. The van der Waals surface area contributed by atoms with Gasteiger partial charge >= 0.3 is 5.97 Å². The van der Waals surface area contributed by atoms with E-state index in [0.29, 0.717) is 17.1 Å². The minimum Gasteiger partial charge on any atom is -0.497 e. The van der Waals surface area contributed by atoms with Crippen LogP contribution in [0.4, 0.5) is 0 Å². The third-order valence-electron chi connectivity index (χ3n) is 4.74. The van der Waals surface area contributed by atoms with Gasteiger partial charge in [0.15, 0.2) is 0 Å². The summed E-state index contributed by atoms with van der Waals surface area (Å²) in [6.45, 7) is 1.93. The van der Waals surface area contributed by atoms with Crippen molar-refractivity contribution in [3.63, 3.8) is 0 Å². The first-order valence-corrected chi connectivity index (χ1v) is 9.25. The van der Waals surface area contributed by atoms with Gasteiger partial charge in [-0.3, -0.25) is 0 Å². The molecule has 5 heteroatoms. The molecule has 0 radical (unpaired) electrons. The third kappa shape index (κ3) is 5.49. The van der Waals surface area contributed by atoms with Gasteiger partial charge in [-0.25, -0.2) is 4.79 Å². The lowest BCUT2D eigenvalue weighted by Gasteiger charge is -2.19. The van der Waals surface area contributed by atoms with Gasteiger partial charge in [-0.05, 0) is 57.1 Å². The topological polar surface area (TPSA) is 54.0 Å². The third-order valence-corrected chi connectivity index (χ3v) is 4.74. The van der Waals surface area contributed by atoms with Crippen LogP contribution in [0.2, 0.25) is 0 Å². The van der Waals surface area contributed by atoms with Gasteiger partial charge in [0.25, 0.3) is 0 Å². The number of hydrogen-bond donors (Lipinski definition) is 0. The van der Waals surface area contributed by atoms with Crippen molar-refractivity contribution in [1.29, 1.82) is 0 Å². The van der Waals surface area contributed by atoms with Crippen LogP contribution in [0.3, 0.4) is 0 Å². The Morgan fingerprint density at radius 3 is 2.50 bits per heavy atom. The summed E-state index contributed by atoms with van der Waals surface area (Å²) in [5.74, 6) is 0.747. The molecule has 1 aliphatic rings. The van der Waals surface area contributed by atoms with Crippen molar-refractivity contribution >= 4 is 12.0 Å². The van der Waals surface area contributed by atoms with Crippen LogP contribution < -0.4 is 9.47 Å². The zero-order valence-electron chi connectivity index (χ0n) is 16.2. The molecule has 0 bridgehead atoms. The second-order valence-electron chi connectivity index (χ2n) is 6.63. The SMILES string of the molecule is COc1cc2c(c(OC)c1)C(=O)OC(C)CCCC(OC)CCC/C=C/2. The van der Waals surface area contributed by atoms with E-state index in [1.807, 2.05) is 19.1 Å². The molecule has 2 rings (SSSR count). The van der Waals surface area contributed by atoms with Crippen molar-refractivity contribution in [3.05, 3.63) is 29.3 Å². The van der Waals surface area contributed by atoms with Crippen LogP contribution in [0.15, 0.2) is 18.2 Å². The molecule has 1 aromatic carbocycles. The first kappa shape index (κ1) is 20.3. The van der Waals surface area contributed by atoms with E-state index in [4.69, 9.17) is 18.9 Å². The average Bonchev–Trinajstić information content (AvgIpc) is 2.64. The number of cyclic esters (lactones) is 1. The second-order valence-corrected chi connectivity index (χ2v) is 6.63. The van der Waals surface area contributed by atoms with E-state index in [2.05, 4.69) is 6.08 Å². The van der Waals surface area contributed by atoms with Crippen molar-refractivity contribution in [2.75, 3.05) is 21.3 Å². The quantitative estimate of drug-likeness (QED) is 0.734. The van der Waals surface area contributed by atoms with E-state index >= 15 is 0 Å². The molecular weight excluding hydrogens is 332 g/mol. The molecule has 0 saturated heterocycles. The summed E-state index contributed by atoms with van der Waals surface area (Å²) in [5, 5.41) is 0. The molecule has 0 aliphatic carbocycles. The molecule has 1 aliphatic heterocycles. The van der Waals surface area contributed by atoms with Crippen LogP contribution in [0, 0.1) is 0 Å². The molecule has 0 N–H and O–H groups in total. The van der Waals surface area contributed by atoms with Crippen molar-refractivity contribution in [2.45, 2.75) is 57.7 Å². The van der Waals surface area contributed by atoms with Crippen molar-refractivity contribution in [2.24, 2.45) is 0 Å². The molecule has 26 heavy (non-hydrogen) atoms. The highest BCUT2D eigenvalue weighted by molar-refractivity contribution is 5.97. The van der Waals surface area contributed by atoms with Crippen LogP contribution in [0.5, 0.6) is 11.5 Å². The maximum atomic E-state index is 12.8. The van der Waals surface area contributed by atoms with Gasteiger partial charge in [0, 0.05) is 13.2 Å². The molecule has 1 heterocycles. The molecule has 2 unspecified atom stereocenters. The number of carbonyl (C=O) groups is 1. The summed E-state index contributed by atoms with van der Waals surface area (Å²) < 4.78 is 22.0. The number of methoxy groups -OCH3 is 3. The fourth-order valence-corrected chi connectivity index (χ4v) is 3.23. The standard InChI is InChI=1S/C21H30O5/c1-15-9-8-12-17(23-2)11-7-5-6-10-16-13-18(24-3)14-19(25-4)20(16)21(22)26-15/h6,10,13-15,17H,5,7-9,11-12H2,1-4H3/b10-6+. The van der Waals surface area contributed by atoms with Crippen LogP contribution in [-0.2, 0) is 9.47 Å². The minimum absolute atomic E-state index is 0.161. The van der Waals surface area contributed by atoms with Crippen LogP contribution in [0.1, 0.15) is 61.4 Å². The minimum atomic E-state index is -0.364. The second kappa shape index (κ2) is 10.2. The Balaban J connectivity index is 2.35. The fourth-order valence-electron chi connectivity index (χ4n) is 3.23. The fraction of sp³-hybridized carbons (Fsp3) is 0.571. The van der Waals surface area contributed by atoms with Crippen LogP contribution >= 0.6 is 0 Å². The van der Waals surface area contributed by atoms with Gasteiger partial charge in [0.1, 0.15) is 17.1 Å². The molecule has 1 aromatic rings. The van der Waals surface area contributed by atoms with Crippen molar-refractivity contribution < 1.29 is 23.7 Å². The van der Waals surface area contributed by atoms with E-state index in [9.17, 15) is 4.79 Å². The number of allylic oxidation sites excluding steroid dienone is 1. The Hall–Kier alpha value is -2.01. The number of fused-ring (bicyclic) bond motifs is 1. The molecule has 0 spiro atoms. The smallest absolute Gasteiger partial charge is 0.342 e. The Morgan fingerprint density at radius 2 is 1.81 bits per heavy atom. The van der Waals surface area contributed by atoms with Crippen molar-refractivity contribution in [1.82, 2.24) is 0 Å². The molecule has 0 saturated carbocycles. The van der Waals surface area contributed by atoms with Crippen LogP contribution in [0.25, 0.3) is 6.08 Å². The highest BCUT2D eigenvalue weighted by Crippen LogP contribution is 2.31. The number of esters is 1. The molecule has 2 atom stereocenters. The molecule has 0 fully saturated rings. The number of benzene rings is 1. The predicted molar refractivity (Wildman–Crippen MR) is 102 cm³/mol. The predicted octanol–water partition coefficient (Wildman–Crippen LogP) is 4.63. The molecule has 5 nitrogen and oxygen atoms in total. The van der Waals surface area contributed by atoms with Gasteiger partial charge in [-0.15, -0.1) is 0 Å². The number of carbonyl (C=O) groups excluding carboxylic acids is 1. The Morgan fingerprint density at radius 1 is 1.04 bits per heavy atom. The summed E-state index contributed by atoms with van der Waals surface area (Å²) in [7, 11) is 4.91. The normalized spacial score (nSPS) is 23.3. The number of ether oxygens (including phenoxy) is 4. The number of rotatable bonds is 3. The monoisotopic (exact) mass is 362 g/mol. The lowest BCUT2D eigenvalue weighted by Crippen LogP contribution is -2.18. The maximum Gasteiger partial charge on any atom is 0.342 e. The molecule has 144 valence electrons. The Kier molecular flexibility index (Phi) is 7.98. The summed E-state index contributed by atoms with van der Waals surface area (Å²) in [5.41, 5.74) is 1.20. The molecule has 0 amide bonds. The van der Waals surface area contributed by atoms with Gasteiger partial charge in [0.05, 0.1) is 26.4 Å². The lowest BCUT2D eigenvalue weighted by molar-refractivity contribution is 0.0296. The summed E-state index contributed by atoms with van der Waals surface area (Å²) in [6, 6.07) is 3.55. The summed E-state index contributed by atoms with van der Waals surface area (Å²) in [4.78, 5) is 12.8. The van der Waals surface area contributed by atoms with Gasteiger partial charge in [-0.2, -0.15) is 0 Å². The van der Waals surface area contributed by atoms with Gasteiger partial charge in [-0.1, -0.05) is 12.2 Å².